The van der Waals surface area contributed by atoms with Gasteiger partial charge in [0.2, 0.25) is 0 Å². The molecule has 0 aromatic heterocycles. The standard InChI is InChI=1S/C11H21O4P/c1-4-13-16(12,14-5-2)15-11-8-6-7-10(3)9-11/h6,8,10-11H,4-5,7,9H2,1-3H3/t10-,11-/m1/s1. The van der Waals surface area contributed by atoms with Crippen molar-refractivity contribution in [1.29, 1.82) is 0 Å². The number of rotatable bonds is 6. The molecule has 1 aliphatic carbocycles. The maximum Gasteiger partial charge on any atom is 0.475 e. The van der Waals surface area contributed by atoms with Crippen LogP contribution in [0, 0.1) is 5.92 Å². The fourth-order valence-electron chi connectivity index (χ4n) is 1.69. The first-order valence-electron chi connectivity index (χ1n) is 5.83. The first kappa shape index (κ1) is 13.9. The van der Waals surface area contributed by atoms with Crippen LogP contribution in [0.4, 0.5) is 0 Å². The van der Waals surface area contributed by atoms with Gasteiger partial charge in [0.05, 0.1) is 19.3 Å². The summed E-state index contributed by atoms with van der Waals surface area (Å²) in [5.74, 6) is 0.548. The zero-order valence-corrected chi connectivity index (χ0v) is 11.1. The van der Waals surface area contributed by atoms with Crippen LogP contribution in [-0.4, -0.2) is 19.3 Å². The van der Waals surface area contributed by atoms with Gasteiger partial charge < -0.3 is 0 Å². The van der Waals surface area contributed by atoms with Gasteiger partial charge >= 0.3 is 7.82 Å². The van der Waals surface area contributed by atoms with Gasteiger partial charge in [-0.15, -0.1) is 0 Å². The molecule has 0 aromatic carbocycles. The molecule has 0 saturated heterocycles. The zero-order chi connectivity index (χ0) is 12.0. The largest absolute Gasteiger partial charge is 0.475 e. The van der Waals surface area contributed by atoms with Crippen molar-refractivity contribution in [3.8, 4) is 0 Å². The lowest BCUT2D eigenvalue weighted by molar-refractivity contribution is 0.0898. The van der Waals surface area contributed by atoms with Gasteiger partial charge in [0.25, 0.3) is 0 Å². The van der Waals surface area contributed by atoms with Crippen molar-refractivity contribution >= 4 is 7.82 Å². The summed E-state index contributed by atoms with van der Waals surface area (Å²) in [6.45, 7) is 6.33. The first-order valence-corrected chi connectivity index (χ1v) is 7.30. The maximum absolute atomic E-state index is 12.1. The summed E-state index contributed by atoms with van der Waals surface area (Å²) in [5, 5.41) is 0. The van der Waals surface area contributed by atoms with Crippen LogP contribution in [-0.2, 0) is 18.1 Å². The molecule has 0 bridgehead atoms. The van der Waals surface area contributed by atoms with Crippen molar-refractivity contribution in [3.63, 3.8) is 0 Å². The van der Waals surface area contributed by atoms with E-state index in [0.717, 1.165) is 12.8 Å². The molecule has 4 nitrogen and oxygen atoms in total. The minimum absolute atomic E-state index is 0.160. The van der Waals surface area contributed by atoms with Crippen molar-refractivity contribution in [2.45, 2.75) is 39.7 Å². The third-order valence-electron chi connectivity index (χ3n) is 2.36. The number of phosphoric acid groups is 1. The van der Waals surface area contributed by atoms with Crippen LogP contribution >= 0.6 is 7.82 Å². The van der Waals surface area contributed by atoms with E-state index in [9.17, 15) is 4.57 Å². The number of phosphoric ester groups is 1. The molecule has 0 saturated carbocycles. The quantitative estimate of drug-likeness (QED) is 0.532. The summed E-state index contributed by atoms with van der Waals surface area (Å²) < 4.78 is 27.7. The van der Waals surface area contributed by atoms with E-state index in [1.165, 1.54) is 0 Å². The molecule has 1 rings (SSSR count). The molecule has 16 heavy (non-hydrogen) atoms. The summed E-state index contributed by atoms with van der Waals surface area (Å²) in [6, 6.07) is 0. The molecule has 0 aliphatic heterocycles. The molecule has 1 aliphatic rings. The van der Waals surface area contributed by atoms with Crippen molar-refractivity contribution in [3.05, 3.63) is 12.2 Å². The van der Waals surface area contributed by atoms with Crippen molar-refractivity contribution in [2.24, 2.45) is 5.92 Å². The third kappa shape index (κ3) is 4.38. The summed E-state index contributed by atoms with van der Waals surface area (Å²) >= 11 is 0. The Labute approximate surface area is 97.6 Å². The molecule has 0 amide bonds. The van der Waals surface area contributed by atoms with Crippen molar-refractivity contribution in [1.82, 2.24) is 0 Å². The maximum atomic E-state index is 12.1. The number of hydrogen-bond donors (Lipinski definition) is 0. The molecular weight excluding hydrogens is 227 g/mol. The van der Waals surface area contributed by atoms with Crippen LogP contribution in [0.15, 0.2) is 12.2 Å². The predicted molar refractivity (Wildman–Crippen MR) is 63.3 cm³/mol. The average Bonchev–Trinajstić information content (AvgIpc) is 2.17. The van der Waals surface area contributed by atoms with E-state index in [1.807, 2.05) is 6.08 Å². The van der Waals surface area contributed by atoms with Gasteiger partial charge in [0.15, 0.2) is 0 Å². The molecule has 0 heterocycles. The van der Waals surface area contributed by atoms with Gasteiger partial charge in [-0.25, -0.2) is 4.57 Å². The second-order valence-corrected chi connectivity index (χ2v) is 5.55. The highest BCUT2D eigenvalue weighted by atomic mass is 31.2. The fraction of sp³-hybridized carbons (Fsp3) is 0.818. The second kappa shape index (κ2) is 6.55. The van der Waals surface area contributed by atoms with Gasteiger partial charge in [-0.1, -0.05) is 19.1 Å². The summed E-state index contributed by atoms with van der Waals surface area (Å²) in [6.07, 6.45) is 5.74. The Hall–Kier alpha value is -0.150. The molecule has 0 N–H and O–H groups in total. The Bertz CT molecular complexity index is 267. The van der Waals surface area contributed by atoms with Gasteiger partial charge in [0.1, 0.15) is 0 Å². The fourth-order valence-corrected chi connectivity index (χ4v) is 3.01. The lowest BCUT2D eigenvalue weighted by Crippen LogP contribution is -2.17. The Morgan fingerprint density at radius 3 is 2.44 bits per heavy atom. The molecule has 0 unspecified atom stereocenters. The Kier molecular flexibility index (Phi) is 5.70. The van der Waals surface area contributed by atoms with E-state index < -0.39 is 7.82 Å². The highest BCUT2D eigenvalue weighted by molar-refractivity contribution is 7.48. The first-order chi connectivity index (χ1) is 7.59. The minimum atomic E-state index is -3.37. The SMILES string of the molecule is CCOP(=O)(OCC)O[C@@H]1C=CC[C@@H](C)C1. The predicted octanol–water partition coefficient (Wildman–Crippen LogP) is 3.54. The zero-order valence-electron chi connectivity index (χ0n) is 10.2. The molecule has 0 fully saturated rings. The second-order valence-electron chi connectivity index (χ2n) is 3.93. The summed E-state index contributed by atoms with van der Waals surface area (Å²) in [4.78, 5) is 0. The van der Waals surface area contributed by atoms with Crippen molar-refractivity contribution < 1.29 is 18.1 Å². The normalized spacial score (nSPS) is 25.9. The summed E-state index contributed by atoms with van der Waals surface area (Å²) in [7, 11) is -3.37. The smallest absolute Gasteiger partial charge is 0.287 e. The van der Waals surface area contributed by atoms with Crippen molar-refractivity contribution in [2.75, 3.05) is 13.2 Å². The molecule has 0 aromatic rings. The topological polar surface area (TPSA) is 44.8 Å². The molecule has 0 spiro atoms. The highest BCUT2D eigenvalue weighted by Gasteiger charge is 2.30. The van der Waals surface area contributed by atoms with Crippen LogP contribution in [0.3, 0.4) is 0 Å². The van der Waals surface area contributed by atoms with Crippen LogP contribution in [0.1, 0.15) is 33.6 Å². The lowest BCUT2D eigenvalue weighted by Gasteiger charge is -2.25. The van der Waals surface area contributed by atoms with Crippen LogP contribution in [0.2, 0.25) is 0 Å². The molecule has 94 valence electrons. The number of allylic oxidation sites excluding steroid dienone is 1. The molecule has 2 atom stereocenters. The van der Waals surface area contributed by atoms with Crippen LogP contribution in [0.5, 0.6) is 0 Å². The van der Waals surface area contributed by atoms with E-state index in [1.54, 1.807) is 13.8 Å². The van der Waals surface area contributed by atoms with Gasteiger partial charge in [-0.3, -0.25) is 13.6 Å². The monoisotopic (exact) mass is 248 g/mol. The molecule has 5 heteroatoms. The van der Waals surface area contributed by atoms with E-state index in [-0.39, 0.29) is 6.10 Å². The van der Waals surface area contributed by atoms with E-state index in [0.29, 0.717) is 19.1 Å². The number of hydrogen-bond acceptors (Lipinski definition) is 4. The van der Waals surface area contributed by atoms with E-state index in [2.05, 4.69) is 13.0 Å². The molecule has 0 radical (unpaired) electrons. The lowest BCUT2D eigenvalue weighted by atomic mass is 9.95. The van der Waals surface area contributed by atoms with E-state index in [4.69, 9.17) is 13.6 Å². The Morgan fingerprint density at radius 2 is 1.94 bits per heavy atom. The molecular formula is C11H21O4P. The highest BCUT2D eigenvalue weighted by Crippen LogP contribution is 2.51. The van der Waals surface area contributed by atoms with Crippen LogP contribution in [0.25, 0.3) is 0 Å². The van der Waals surface area contributed by atoms with Crippen LogP contribution < -0.4 is 0 Å². The van der Waals surface area contributed by atoms with Gasteiger partial charge in [-0.05, 0) is 32.6 Å². The summed E-state index contributed by atoms with van der Waals surface area (Å²) in [5.41, 5.74) is 0. The van der Waals surface area contributed by atoms with Gasteiger partial charge in [0, 0.05) is 0 Å². The Morgan fingerprint density at radius 1 is 1.31 bits per heavy atom. The van der Waals surface area contributed by atoms with E-state index >= 15 is 0 Å². The Balaban J connectivity index is 2.57. The average molecular weight is 248 g/mol. The van der Waals surface area contributed by atoms with Gasteiger partial charge in [-0.2, -0.15) is 0 Å². The minimum Gasteiger partial charge on any atom is -0.287 e. The third-order valence-corrected chi connectivity index (χ3v) is 4.04.